The van der Waals surface area contributed by atoms with E-state index in [1.807, 2.05) is 18.3 Å². The molecule has 0 saturated carbocycles. The molecular formula is C41H30N2. The van der Waals surface area contributed by atoms with Gasteiger partial charge in [-0.1, -0.05) is 140 Å². The predicted molar refractivity (Wildman–Crippen MR) is 178 cm³/mol. The van der Waals surface area contributed by atoms with Crippen molar-refractivity contribution in [2.75, 3.05) is 0 Å². The highest BCUT2D eigenvalue weighted by Gasteiger charge is 2.41. The van der Waals surface area contributed by atoms with Gasteiger partial charge in [-0.3, -0.25) is 0 Å². The van der Waals surface area contributed by atoms with Crippen molar-refractivity contribution in [2.24, 2.45) is 0 Å². The van der Waals surface area contributed by atoms with Crippen LogP contribution in [-0.4, -0.2) is 9.97 Å². The number of benzene rings is 5. The Bertz CT molecular complexity index is 2050. The molecule has 0 spiro atoms. The van der Waals surface area contributed by atoms with Gasteiger partial charge >= 0.3 is 0 Å². The summed E-state index contributed by atoms with van der Waals surface area (Å²) in [6.07, 6.45) is 11.0. The predicted octanol–water partition coefficient (Wildman–Crippen LogP) is 10.3. The van der Waals surface area contributed by atoms with Crippen LogP contribution in [0.3, 0.4) is 0 Å². The normalized spacial score (nSPS) is 18.0. The van der Waals surface area contributed by atoms with E-state index in [-0.39, 0.29) is 5.41 Å². The lowest BCUT2D eigenvalue weighted by Gasteiger charge is -2.42. The second kappa shape index (κ2) is 10.2. The Hall–Kier alpha value is -5.34. The average Bonchev–Trinajstić information content (AvgIpc) is 3.09. The van der Waals surface area contributed by atoms with E-state index in [1.165, 1.54) is 38.9 Å². The molecule has 2 heteroatoms. The van der Waals surface area contributed by atoms with Gasteiger partial charge in [-0.25, -0.2) is 9.97 Å². The van der Waals surface area contributed by atoms with Crippen LogP contribution in [0.4, 0.5) is 0 Å². The summed E-state index contributed by atoms with van der Waals surface area (Å²) < 4.78 is 0. The second-order valence-electron chi connectivity index (χ2n) is 11.6. The Morgan fingerprint density at radius 2 is 1.30 bits per heavy atom. The molecule has 5 aromatic carbocycles. The van der Waals surface area contributed by atoms with Crippen LogP contribution in [0.25, 0.3) is 56.0 Å². The first-order valence-electron chi connectivity index (χ1n) is 14.9. The summed E-state index contributed by atoms with van der Waals surface area (Å²) in [6, 6.07) is 45.4. The molecule has 2 aliphatic rings. The van der Waals surface area contributed by atoms with Gasteiger partial charge in [0.15, 0.2) is 5.82 Å². The average molecular weight is 551 g/mol. The Kier molecular flexibility index (Phi) is 6.01. The van der Waals surface area contributed by atoms with E-state index in [9.17, 15) is 0 Å². The Morgan fingerprint density at radius 3 is 2.19 bits per heavy atom. The SMILES string of the molecule is CC12C=CC=CC1c1ccccc1-c1ccc(-c3ccccc3-c3nccc(-c4cccc(-c5ccccc5)c4)n3)cc12. The van der Waals surface area contributed by atoms with Crippen LogP contribution in [0.15, 0.2) is 158 Å². The summed E-state index contributed by atoms with van der Waals surface area (Å²) >= 11 is 0. The molecule has 0 radical (unpaired) electrons. The van der Waals surface area contributed by atoms with Crippen LogP contribution in [-0.2, 0) is 5.41 Å². The zero-order chi connectivity index (χ0) is 28.8. The first-order valence-corrected chi connectivity index (χ1v) is 14.9. The van der Waals surface area contributed by atoms with Crippen LogP contribution in [0.5, 0.6) is 0 Å². The van der Waals surface area contributed by atoms with E-state index in [2.05, 4.69) is 146 Å². The zero-order valence-electron chi connectivity index (χ0n) is 24.0. The number of allylic oxidation sites excluding steroid dienone is 4. The van der Waals surface area contributed by atoms with E-state index in [1.54, 1.807) is 0 Å². The van der Waals surface area contributed by atoms with Crippen LogP contribution in [0.2, 0.25) is 0 Å². The number of nitrogens with zero attached hydrogens (tertiary/aromatic N) is 2. The van der Waals surface area contributed by atoms with Crippen molar-refractivity contribution in [3.63, 3.8) is 0 Å². The lowest BCUT2D eigenvalue weighted by molar-refractivity contribution is 0.519. The number of aromatic nitrogens is 2. The smallest absolute Gasteiger partial charge is 0.160 e. The minimum absolute atomic E-state index is 0.121. The fourth-order valence-corrected chi connectivity index (χ4v) is 6.89. The van der Waals surface area contributed by atoms with Gasteiger partial charge in [0.1, 0.15) is 0 Å². The summed E-state index contributed by atoms with van der Waals surface area (Å²) in [5.74, 6) is 1.03. The topological polar surface area (TPSA) is 25.8 Å². The van der Waals surface area contributed by atoms with E-state index < -0.39 is 0 Å². The summed E-state index contributed by atoms with van der Waals surface area (Å²) in [4.78, 5) is 9.87. The Balaban J connectivity index is 1.23. The van der Waals surface area contributed by atoms with Crippen molar-refractivity contribution in [3.8, 4) is 56.0 Å². The van der Waals surface area contributed by atoms with E-state index >= 15 is 0 Å². The van der Waals surface area contributed by atoms with Crippen LogP contribution in [0.1, 0.15) is 24.0 Å². The summed E-state index contributed by atoms with van der Waals surface area (Å²) in [6.45, 7) is 2.37. The van der Waals surface area contributed by atoms with Crippen LogP contribution in [0, 0.1) is 0 Å². The molecule has 2 unspecified atom stereocenters. The molecule has 204 valence electrons. The van der Waals surface area contributed by atoms with Gasteiger partial charge in [-0.2, -0.15) is 0 Å². The maximum atomic E-state index is 5.10. The molecule has 1 heterocycles. The van der Waals surface area contributed by atoms with Gasteiger partial charge < -0.3 is 0 Å². The van der Waals surface area contributed by atoms with E-state index in [0.717, 1.165) is 28.2 Å². The lowest BCUT2D eigenvalue weighted by atomic mass is 9.60. The molecule has 0 amide bonds. The quantitative estimate of drug-likeness (QED) is 0.218. The standard InChI is InChI=1S/C41H30N2/c1-41-24-10-9-20-37(41)34-18-7-6-17-33(34)35-22-21-30(27-38(35)41)32-16-5-8-19-36(32)40-42-25-23-39(43-40)31-15-11-14-29(26-31)28-12-3-2-4-13-28/h2-27,37H,1H3. The Labute approximate surface area is 252 Å². The molecule has 2 nitrogen and oxygen atoms in total. The minimum Gasteiger partial charge on any atom is -0.237 e. The Morgan fingerprint density at radius 1 is 0.558 bits per heavy atom. The summed E-state index contributed by atoms with van der Waals surface area (Å²) in [5.41, 5.74) is 13.0. The zero-order valence-corrected chi connectivity index (χ0v) is 24.0. The molecule has 0 bridgehead atoms. The first kappa shape index (κ1) is 25.4. The lowest BCUT2D eigenvalue weighted by Crippen LogP contribution is -2.32. The van der Waals surface area contributed by atoms with Crippen molar-refractivity contribution < 1.29 is 0 Å². The van der Waals surface area contributed by atoms with Crippen LogP contribution < -0.4 is 0 Å². The largest absolute Gasteiger partial charge is 0.237 e. The molecule has 2 aliphatic carbocycles. The highest BCUT2D eigenvalue weighted by atomic mass is 14.9. The molecule has 0 N–H and O–H groups in total. The fraction of sp³-hybridized carbons (Fsp3) is 0.0732. The number of rotatable bonds is 4. The third-order valence-electron chi connectivity index (χ3n) is 9.09. The minimum atomic E-state index is -0.121. The van der Waals surface area contributed by atoms with Crippen molar-refractivity contribution >= 4 is 0 Å². The molecule has 6 aromatic rings. The third kappa shape index (κ3) is 4.26. The van der Waals surface area contributed by atoms with Gasteiger partial charge in [0.05, 0.1) is 5.69 Å². The maximum absolute atomic E-state index is 5.10. The van der Waals surface area contributed by atoms with Crippen molar-refractivity contribution in [2.45, 2.75) is 18.3 Å². The summed E-state index contributed by atoms with van der Waals surface area (Å²) in [7, 11) is 0. The van der Waals surface area contributed by atoms with E-state index in [0.29, 0.717) is 5.92 Å². The monoisotopic (exact) mass is 550 g/mol. The van der Waals surface area contributed by atoms with E-state index in [4.69, 9.17) is 9.97 Å². The molecule has 0 fully saturated rings. The fourth-order valence-electron chi connectivity index (χ4n) is 6.89. The van der Waals surface area contributed by atoms with Gasteiger partial charge in [0.25, 0.3) is 0 Å². The highest BCUT2D eigenvalue weighted by molar-refractivity contribution is 5.86. The van der Waals surface area contributed by atoms with Gasteiger partial charge in [-0.15, -0.1) is 0 Å². The van der Waals surface area contributed by atoms with Crippen molar-refractivity contribution in [1.29, 1.82) is 0 Å². The molecule has 43 heavy (non-hydrogen) atoms. The molecule has 0 aliphatic heterocycles. The van der Waals surface area contributed by atoms with Gasteiger partial charge in [0.2, 0.25) is 0 Å². The summed E-state index contributed by atoms with van der Waals surface area (Å²) in [5, 5.41) is 0. The van der Waals surface area contributed by atoms with Crippen molar-refractivity contribution in [3.05, 3.63) is 169 Å². The molecule has 1 aromatic heterocycles. The first-order chi connectivity index (χ1) is 21.2. The van der Waals surface area contributed by atoms with Gasteiger partial charge in [0, 0.05) is 28.7 Å². The molecule has 0 saturated heterocycles. The van der Waals surface area contributed by atoms with Gasteiger partial charge in [-0.05, 0) is 62.7 Å². The highest BCUT2D eigenvalue weighted by Crippen LogP contribution is 2.54. The van der Waals surface area contributed by atoms with Crippen LogP contribution >= 0.6 is 0 Å². The number of hydrogen-bond acceptors (Lipinski definition) is 2. The molecular weight excluding hydrogens is 520 g/mol. The molecule has 8 rings (SSSR count). The van der Waals surface area contributed by atoms with Crippen molar-refractivity contribution in [1.82, 2.24) is 9.97 Å². The second-order valence-corrected chi connectivity index (χ2v) is 11.6. The number of fused-ring (bicyclic) bond motifs is 6. The number of hydrogen-bond donors (Lipinski definition) is 0. The third-order valence-corrected chi connectivity index (χ3v) is 9.09. The maximum Gasteiger partial charge on any atom is 0.160 e. The molecule has 2 atom stereocenters.